The van der Waals surface area contributed by atoms with E-state index in [-0.39, 0.29) is 23.9 Å². The zero-order chi connectivity index (χ0) is 19.1. The van der Waals surface area contributed by atoms with Gasteiger partial charge >= 0.3 is 0 Å². The maximum Gasteiger partial charge on any atom is 0.295 e. The fourth-order valence-corrected chi connectivity index (χ4v) is 3.75. The Labute approximate surface area is 157 Å². The lowest BCUT2D eigenvalue weighted by Crippen LogP contribution is -2.31. The molecule has 2 N–H and O–H groups in total. The van der Waals surface area contributed by atoms with Crippen molar-refractivity contribution in [3.63, 3.8) is 0 Å². The lowest BCUT2D eigenvalue weighted by atomic mass is 9.89. The van der Waals surface area contributed by atoms with Crippen molar-refractivity contribution < 1.29 is 14.3 Å². The first-order chi connectivity index (χ1) is 13.0. The molecule has 9 nitrogen and oxygen atoms in total. The van der Waals surface area contributed by atoms with Gasteiger partial charge < -0.3 is 15.4 Å². The number of nitrogens with one attached hydrogen (secondary N) is 2. The van der Waals surface area contributed by atoms with Crippen LogP contribution in [-0.4, -0.2) is 33.5 Å². The van der Waals surface area contributed by atoms with E-state index in [1.165, 1.54) is 23.0 Å². The zero-order valence-corrected chi connectivity index (χ0v) is 15.3. The molecule has 4 rings (SSSR count). The Morgan fingerprint density at radius 1 is 1.41 bits per heavy atom. The molecule has 3 aromatic rings. The molecule has 3 heterocycles. The molecule has 1 unspecified atom stereocenters. The molecular weight excluding hydrogens is 370 g/mol. The van der Waals surface area contributed by atoms with E-state index in [1.807, 2.05) is 0 Å². The van der Waals surface area contributed by atoms with Gasteiger partial charge in [-0.15, -0.1) is 11.3 Å². The van der Waals surface area contributed by atoms with Gasteiger partial charge in [-0.2, -0.15) is 14.6 Å². The number of methoxy groups -OCH3 is 1. The Hall–Kier alpha value is -3.27. The van der Waals surface area contributed by atoms with Crippen LogP contribution in [0.25, 0.3) is 4.96 Å². The molecule has 0 bridgehead atoms. The van der Waals surface area contributed by atoms with Crippen LogP contribution < -0.4 is 20.9 Å². The Kier molecular flexibility index (Phi) is 4.11. The molecule has 0 saturated heterocycles. The van der Waals surface area contributed by atoms with Crippen LogP contribution in [0.4, 0.5) is 11.5 Å². The third-order valence-corrected chi connectivity index (χ3v) is 5.13. The predicted molar refractivity (Wildman–Crippen MR) is 99.5 cm³/mol. The highest BCUT2D eigenvalue weighted by Gasteiger charge is 2.32. The van der Waals surface area contributed by atoms with E-state index in [1.54, 1.807) is 30.5 Å². The van der Waals surface area contributed by atoms with E-state index in [9.17, 15) is 14.4 Å². The lowest BCUT2D eigenvalue weighted by molar-refractivity contribution is -0.123. The number of carbonyl (C=O) groups is 2. The number of thiazole rings is 1. The van der Waals surface area contributed by atoms with Crippen LogP contribution in [0, 0.1) is 6.92 Å². The van der Waals surface area contributed by atoms with Crippen molar-refractivity contribution in [2.75, 3.05) is 17.7 Å². The van der Waals surface area contributed by atoms with Crippen LogP contribution in [0.3, 0.4) is 0 Å². The molecule has 0 aliphatic carbocycles. The monoisotopic (exact) mass is 385 g/mol. The average molecular weight is 385 g/mol. The molecule has 0 saturated carbocycles. The van der Waals surface area contributed by atoms with Gasteiger partial charge in [0, 0.05) is 11.8 Å². The van der Waals surface area contributed by atoms with Crippen molar-refractivity contribution in [3.8, 4) is 5.75 Å². The van der Waals surface area contributed by atoms with Gasteiger partial charge in [0.05, 0.1) is 18.7 Å². The topological polar surface area (TPSA) is 115 Å². The first kappa shape index (κ1) is 17.2. The van der Waals surface area contributed by atoms with Crippen molar-refractivity contribution in [3.05, 3.63) is 45.2 Å². The number of para-hydroxylation sites is 1. The standard InChI is InChI=1S/C17H15N5O4S/c1-8-15(24)20-17-22(21-8)12(7-27-17)18-16(25)10-6-13(23)19-14-9(10)4-3-5-11(14)26-2/h3-5,7,10H,6H2,1-2H3,(H,18,25)(H,19,23). The summed E-state index contributed by atoms with van der Waals surface area (Å²) in [5.74, 6) is -0.393. The molecule has 0 radical (unpaired) electrons. The minimum atomic E-state index is -0.674. The third kappa shape index (κ3) is 2.93. The summed E-state index contributed by atoms with van der Waals surface area (Å²) in [6.45, 7) is 1.55. The van der Waals surface area contributed by atoms with Gasteiger partial charge in [-0.1, -0.05) is 12.1 Å². The van der Waals surface area contributed by atoms with E-state index in [4.69, 9.17) is 4.74 Å². The van der Waals surface area contributed by atoms with E-state index < -0.39 is 11.5 Å². The maximum atomic E-state index is 12.9. The van der Waals surface area contributed by atoms with Crippen LogP contribution in [0.15, 0.2) is 28.4 Å². The molecule has 1 atom stereocenters. The summed E-state index contributed by atoms with van der Waals surface area (Å²) in [7, 11) is 1.50. The van der Waals surface area contributed by atoms with Gasteiger partial charge in [0.25, 0.3) is 5.56 Å². The third-order valence-electron chi connectivity index (χ3n) is 4.32. The second kappa shape index (κ2) is 6.47. The van der Waals surface area contributed by atoms with Crippen LogP contribution in [0.2, 0.25) is 0 Å². The zero-order valence-electron chi connectivity index (χ0n) is 14.5. The molecule has 138 valence electrons. The van der Waals surface area contributed by atoms with Crippen molar-refractivity contribution in [2.24, 2.45) is 0 Å². The van der Waals surface area contributed by atoms with Gasteiger partial charge in [0.2, 0.25) is 16.8 Å². The molecule has 2 aromatic heterocycles. The minimum Gasteiger partial charge on any atom is -0.495 e. The number of benzene rings is 1. The highest BCUT2D eigenvalue weighted by atomic mass is 32.1. The van der Waals surface area contributed by atoms with E-state index in [2.05, 4.69) is 20.7 Å². The predicted octanol–water partition coefficient (Wildman–Crippen LogP) is 1.53. The van der Waals surface area contributed by atoms with Gasteiger partial charge in [0.15, 0.2) is 0 Å². The Morgan fingerprint density at radius 3 is 3.00 bits per heavy atom. The molecule has 1 aliphatic heterocycles. The van der Waals surface area contributed by atoms with Gasteiger partial charge in [-0.05, 0) is 18.6 Å². The summed E-state index contributed by atoms with van der Waals surface area (Å²) < 4.78 is 6.69. The highest BCUT2D eigenvalue weighted by Crippen LogP contribution is 2.39. The number of amides is 2. The van der Waals surface area contributed by atoms with Crippen LogP contribution >= 0.6 is 11.3 Å². The lowest BCUT2D eigenvalue weighted by Gasteiger charge is -2.26. The first-order valence-corrected chi connectivity index (χ1v) is 8.98. The van der Waals surface area contributed by atoms with Crippen molar-refractivity contribution in [1.29, 1.82) is 0 Å². The van der Waals surface area contributed by atoms with Crippen LogP contribution in [0.5, 0.6) is 5.75 Å². The largest absolute Gasteiger partial charge is 0.495 e. The van der Waals surface area contributed by atoms with Crippen LogP contribution in [-0.2, 0) is 9.59 Å². The van der Waals surface area contributed by atoms with E-state index in [0.29, 0.717) is 27.8 Å². The number of ether oxygens (including phenoxy) is 1. The van der Waals surface area contributed by atoms with Crippen molar-refractivity contribution >= 4 is 39.6 Å². The number of nitrogens with zero attached hydrogens (tertiary/aromatic N) is 3. The van der Waals surface area contributed by atoms with E-state index in [0.717, 1.165) is 0 Å². The summed E-state index contributed by atoms with van der Waals surface area (Å²) in [5.41, 5.74) is 1.01. The molecule has 0 spiro atoms. The first-order valence-electron chi connectivity index (χ1n) is 8.10. The summed E-state index contributed by atoms with van der Waals surface area (Å²) in [6, 6.07) is 5.28. The summed E-state index contributed by atoms with van der Waals surface area (Å²) in [4.78, 5) is 40.9. The van der Waals surface area contributed by atoms with Crippen LogP contribution in [0.1, 0.15) is 23.6 Å². The smallest absolute Gasteiger partial charge is 0.295 e. The molecule has 1 aliphatic rings. The van der Waals surface area contributed by atoms with Crippen molar-refractivity contribution in [1.82, 2.24) is 14.6 Å². The summed E-state index contributed by atoms with van der Waals surface area (Å²) in [6.07, 6.45) is 0.0220. The number of carbonyl (C=O) groups excluding carboxylic acids is 2. The Morgan fingerprint density at radius 2 is 2.22 bits per heavy atom. The Bertz CT molecular complexity index is 1140. The van der Waals surface area contributed by atoms with Crippen molar-refractivity contribution in [2.45, 2.75) is 19.3 Å². The van der Waals surface area contributed by atoms with Gasteiger partial charge in [0.1, 0.15) is 17.3 Å². The average Bonchev–Trinajstić information content (AvgIpc) is 3.02. The molecule has 1 aromatic carbocycles. The second-order valence-electron chi connectivity index (χ2n) is 6.04. The normalized spacial score (nSPS) is 15.9. The molecule has 2 amide bonds. The quantitative estimate of drug-likeness (QED) is 0.707. The minimum absolute atomic E-state index is 0.0220. The second-order valence-corrected chi connectivity index (χ2v) is 6.87. The molecule has 27 heavy (non-hydrogen) atoms. The highest BCUT2D eigenvalue weighted by molar-refractivity contribution is 7.15. The number of hydrogen-bond acceptors (Lipinski definition) is 7. The van der Waals surface area contributed by atoms with Gasteiger partial charge in [-0.25, -0.2) is 0 Å². The number of rotatable bonds is 3. The molecular formula is C17H15N5O4S. The number of aromatic nitrogens is 3. The van der Waals surface area contributed by atoms with E-state index >= 15 is 0 Å². The van der Waals surface area contributed by atoms with Gasteiger partial charge in [-0.3, -0.25) is 14.4 Å². The number of hydrogen-bond donors (Lipinski definition) is 2. The fraction of sp³-hybridized carbons (Fsp3) is 0.235. The number of aryl methyl sites for hydroxylation is 1. The Balaban J connectivity index is 1.70. The fourth-order valence-electron chi connectivity index (χ4n) is 3.00. The number of anilines is 2. The molecule has 0 fully saturated rings. The number of fused-ring (bicyclic) bond motifs is 2. The SMILES string of the molecule is COc1cccc2c1NC(=O)CC2C(=O)Nc1csc2nc(=O)c(C)nn12. The summed E-state index contributed by atoms with van der Waals surface area (Å²) in [5, 5.41) is 11.4. The molecule has 10 heteroatoms. The summed E-state index contributed by atoms with van der Waals surface area (Å²) >= 11 is 1.19. The maximum absolute atomic E-state index is 12.9.